The van der Waals surface area contributed by atoms with Crippen LogP contribution in [0.2, 0.25) is 0 Å². The number of nitrogens with one attached hydrogen (secondary N) is 1. The molecule has 162 valence electrons. The molecule has 0 saturated heterocycles. The molecule has 1 heterocycles. The smallest absolute Gasteiger partial charge is 0.230 e. The topological polar surface area (TPSA) is 69.0 Å². The summed E-state index contributed by atoms with van der Waals surface area (Å²) in [6.07, 6.45) is 0. The number of hydrogen-bond donors (Lipinski definition) is 1. The van der Waals surface area contributed by atoms with Gasteiger partial charge in [0.25, 0.3) is 0 Å². The summed E-state index contributed by atoms with van der Waals surface area (Å²) in [5, 5.41) is 12.2. The monoisotopic (exact) mass is 448 g/mol. The van der Waals surface area contributed by atoms with Crippen molar-refractivity contribution in [1.82, 2.24) is 20.1 Å². The van der Waals surface area contributed by atoms with Gasteiger partial charge < -0.3 is 10.1 Å². The van der Waals surface area contributed by atoms with Crippen LogP contribution in [0.25, 0.3) is 17.1 Å². The van der Waals surface area contributed by atoms with Gasteiger partial charge in [0.1, 0.15) is 11.6 Å². The highest BCUT2D eigenvalue weighted by atomic mass is 32.2. The van der Waals surface area contributed by atoms with Gasteiger partial charge in [0, 0.05) is 17.8 Å². The van der Waals surface area contributed by atoms with Gasteiger partial charge in [0.15, 0.2) is 11.0 Å². The molecule has 1 N–H and O–H groups in total. The molecule has 32 heavy (non-hydrogen) atoms. The van der Waals surface area contributed by atoms with Crippen molar-refractivity contribution in [3.63, 3.8) is 0 Å². The summed E-state index contributed by atoms with van der Waals surface area (Å²) in [6.45, 7) is 0.333. The summed E-state index contributed by atoms with van der Waals surface area (Å²) in [5.41, 5.74) is 2.58. The van der Waals surface area contributed by atoms with Gasteiger partial charge in [-0.25, -0.2) is 4.39 Å². The summed E-state index contributed by atoms with van der Waals surface area (Å²) in [5.74, 6) is 1.10. The fourth-order valence-corrected chi connectivity index (χ4v) is 3.89. The molecule has 0 fully saturated rings. The molecule has 0 aliphatic carbocycles. The van der Waals surface area contributed by atoms with Crippen molar-refractivity contribution in [2.75, 3.05) is 12.9 Å². The lowest BCUT2D eigenvalue weighted by Crippen LogP contribution is -2.24. The third-order valence-corrected chi connectivity index (χ3v) is 5.64. The molecule has 1 amide bonds. The van der Waals surface area contributed by atoms with E-state index >= 15 is 0 Å². The second-order valence-corrected chi connectivity index (χ2v) is 7.84. The molecule has 0 spiro atoms. The highest BCUT2D eigenvalue weighted by Crippen LogP contribution is 2.29. The molecule has 3 aromatic carbocycles. The van der Waals surface area contributed by atoms with Crippen LogP contribution in [0.5, 0.6) is 5.75 Å². The number of nitrogens with zero attached hydrogens (tertiary/aromatic N) is 3. The molecule has 8 heteroatoms. The summed E-state index contributed by atoms with van der Waals surface area (Å²) in [6, 6.07) is 23.4. The van der Waals surface area contributed by atoms with Crippen molar-refractivity contribution in [2.24, 2.45) is 0 Å². The van der Waals surface area contributed by atoms with Gasteiger partial charge in [-0.1, -0.05) is 54.2 Å². The lowest BCUT2D eigenvalue weighted by molar-refractivity contribution is -0.118. The minimum absolute atomic E-state index is 0.148. The number of ether oxygens (including phenoxy) is 1. The number of rotatable bonds is 8. The zero-order valence-corrected chi connectivity index (χ0v) is 18.2. The number of aromatic nitrogens is 3. The molecular formula is C24H21FN4O2S. The van der Waals surface area contributed by atoms with E-state index in [1.165, 1.54) is 23.9 Å². The van der Waals surface area contributed by atoms with Crippen molar-refractivity contribution in [3.8, 4) is 22.8 Å². The summed E-state index contributed by atoms with van der Waals surface area (Å²) in [7, 11) is 1.62. The fraction of sp³-hybridized carbons (Fsp3) is 0.125. The molecule has 0 aliphatic heterocycles. The Balaban J connectivity index is 1.52. The van der Waals surface area contributed by atoms with E-state index in [4.69, 9.17) is 4.74 Å². The quantitative estimate of drug-likeness (QED) is 0.402. The van der Waals surface area contributed by atoms with Crippen molar-refractivity contribution in [3.05, 3.63) is 90.2 Å². The number of benzene rings is 3. The van der Waals surface area contributed by atoms with E-state index in [0.717, 1.165) is 22.6 Å². The van der Waals surface area contributed by atoms with Crippen LogP contribution in [0.4, 0.5) is 4.39 Å². The highest BCUT2D eigenvalue weighted by molar-refractivity contribution is 7.99. The minimum Gasteiger partial charge on any atom is -0.497 e. The molecule has 4 aromatic rings. The summed E-state index contributed by atoms with van der Waals surface area (Å²) >= 11 is 1.30. The maximum Gasteiger partial charge on any atom is 0.230 e. The lowest BCUT2D eigenvalue weighted by atomic mass is 10.2. The number of amides is 1. The molecular weight excluding hydrogens is 427 g/mol. The second-order valence-electron chi connectivity index (χ2n) is 6.90. The van der Waals surface area contributed by atoms with E-state index in [9.17, 15) is 9.18 Å². The number of para-hydroxylation sites is 1. The molecule has 4 rings (SSSR count). The van der Waals surface area contributed by atoms with Crippen LogP contribution in [0.15, 0.2) is 84.0 Å². The number of carbonyl (C=O) groups excluding carboxylic acids is 1. The van der Waals surface area contributed by atoms with Crippen LogP contribution in [0.3, 0.4) is 0 Å². The number of carbonyl (C=O) groups is 1. The van der Waals surface area contributed by atoms with Gasteiger partial charge in [-0.3, -0.25) is 9.36 Å². The zero-order chi connectivity index (χ0) is 22.3. The van der Waals surface area contributed by atoms with Gasteiger partial charge in [-0.15, -0.1) is 10.2 Å². The number of halogens is 1. The van der Waals surface area contributed by atoms with E-state index in [1.807, 2.05) is 59.2 Å². The van der Waals surface area contributed by atoms with E-state index in [2.05, 4.69) is 15.5 Å². The average Bonchev–Trinajstić information content (AvgIpc) is 3.27. The summed E-state index contributed by atoms with van der Waals surface area (Å²) in [4.78, 5) is 12.4. The number of methoxy groups -OCH3 is 1. The van der Waals surface area contributed by atoms with Gasteiger partial charge in [0.2, 0.25) is 5.91 Å². The van der Waals surface area contributed by atoms with Crippen molar-refractivity contribution in [1.29, 1.82) is 0 Å². The Morgan fingerprint density at radius 3 is 2.56 bits per heavy atom. The first kappa shape index (κ1) is 21.6. The summed E-state index contributed by atoms with van der Waals surface area (Å²) < 4.78 is 20.3. The van der Waals surface area contributed by atoms with E-state index in [-0.39, 0.29) is 17.5 Å². The number of hydrogen-bond acceptors (Lipinski definition) is 5. The molecule has 0 unspecified atom stereocenters. The van der Waals surface area contributed by atoms with Crippen LogP contribution < -0.4 is 10.1 Å². The van der Waals surface area contributed by atoms with Crippen LogP contribution in [0, 0.1) is 5.82 Å². The van der Waals surface area contributed by atoms with Gasteiger partial charge >= 0.3 is 0 Å². The van der Waals surface area contributed by atoms with E-state index in [0.29, 0.717) is 17.5 Å². The van der Waals surface area contributed by atoms with E-state index < -0.39 is 0 Å². The second kappa shape index (κ2) is 10.1. The van der Waals surface area contributed by atoms with Crippen molar-refractivity contribution < 1.29 is 13.9 Å². The van der Waals surface area contributed by atoms with Crippen LogP contribution in [-0.2, 0) is 11.3 Å². The van der Waals surface area contributed by atoms with Gasteiger partial charge in [-0.05, 0) is 42.0 Å². The van der Waals surface area contributed by atoms with Crippen molar-refractivity contribution >= 4 is 17.7 Å². The zero-order valence-electron chi connectivity index (χ0n) is 17.4. The third-order valence-electron chi connectivity index (χ3n) is 4.71. The molecule has 0 radical (unpaired) electrons. The number of thioether (sulfide) groups is 1. The Morgan fingerprint density at radius 1 is 1.03 bits per heavy atom. The third kappa shape index (κ3) is 5.15. The van der Waals surface area contributed by atoms with Crippen LogP contribution >= 0.6 is 11.8 Å². The Morgan fingerprint density at radius 2 is 1.81 bits per heavy atom. The Bertz CT molecular complexity index is 1200. The Kier molecular flexibility index (Phi) is 6.81. The van der Waals surface area contributed by atoms with Crippen LogP contribution in [0.1, 0.15) is 5.56 Å². The normalized spacial score (nSPS) is 10.7. The van der Waals surface area contributed by atoms with Crippen LogP contribution in [-0.4, -0.2) is 33.5 Å². The first-order valence-electron chi connectivity index (χ1n) is 9.93. The maximum absolute atomic E-state index is 13.0. The first-order chi connectivity index (χ1) is 15.6. The molecule has 0 saturated carbocycles. The fourth-order valence-electron chi connectivity index (χ4n) is 3.11. The molecule has 0 aliphatic rings. The molecule has 1 aromatic heterocycles. The predicted molar refractivity (Wildman–Crippen MR) is 122 cm³/mol. The lowest BCUT2D eigenvalue weighted by Gasteiger charge is -2.11. The van der Waals surface area contributed by atoms with Gasteiger partial charge in [-0.2, -0.15) is 0 Å². The van der Waals surface area contributed by atoms with E-state index in [1.54, 1.807) is 19.2 Å². The minimum atomic E-state index is -0.303. The Labute approximate surface area is 189 Å². The van der Waals surface area contributed by atoms with Gasteiger partial charge in [0.05, 0.1) is 12.9 Å². The standard InChI is InChI=1S/C24H21FN4O2S/c1-31-21-9-5-6-18(14-21)23-27-28-24(29(23)20-7-3-2-4-8-20)32-16-22(30)26-15-17-10-12-19(25)13-11-17/h2-14H,15-16H2,1H3,(H,26,30). The maximum atomic E-state index is 13.0. The highest BCUT2D eigenvalue weighted by Gasteiger charge is 2.17. The largest absolute Gasteiger partial charge is 0.497 e. The molecule has 6 nitrogen and oxygen atoms in total. The molecule has 0 atom stereocenters. The Hall–Kier alpha value is -3.65. The molecule has 0 bridgehead atoms. The predicted octanol–water partition coefficient (Wildman–Crippen LogP) is 4.49. The first-order valence-corrected chi connectivity index (χ1v) is 10.9. The SMILES string of the molecule is COc1cccc(-c2nnc(SCC(=O)NCc3ccc(F)cc3)n2-c2ccccc2)c1. The average molecular weight is 449 g/mol. The van der Waals surface area contributed by atoms with Crippen molar-refractivity contribution in [2.45, 2.75) is 11.7 Å².